The van der Waals surface area contributed by atoms with Gasteiger partial charge < -0.3 is 15.1 Å². The van der Waals surface area contributed by atoms with Crippen LogP contribution < -0.4 is 4.90 Å². The zero-order valence-electron chi connectivity index (χ0n) is 10.2. The van der Waals surface area contributed by atoms with Gasteiger partial charge >= 0.3 is 5.97 Å². The molecule has 0 saturated carbocycles. The third kappa shape index (κ3) is 3.00. The minimum Gasteiger partial charge on any atom is -0.478 e. The molecule has 0 spiro atoms. The highest BCUT2D eigenvalue weighted by molar-refractivity contribution is 5.88. The summed E-state index contributed by atoms with van der Waals surface area (Å²) in [6.07, 6.45) is 0. The lowest BCUT2D eigenvalue weighted by atomic mass is 10.1. The molecule has 1 aliphatic heterocycles. The molecule has 1 aromatic carbocycles. The van der Waals surface area contributed by atoms with Crippen LogP contribution in [0.2, 0.25) is 0 Å². The van der Waals surface area contributed by atoms with Crippen LogP contribution in [0.1, 0.15) is 10.4 Å². The number of β-amino-alcohol motifs (C(OH)–C–C–N with tert-alkyl or cyclic N) is 1. The predicted octanol–water partition coefficient (Wildman–Crippen LogP) is 0.499. The number of carboxylic acids is 1. The Morgan fingerprint density at radius 2 is 1.94 bits per heavy atom. The van der Waals surface area contributed by atoms with Crippen LogP contribution in [0.25, 0.3) is 0 Å². The molecule has 1 heterocycles. The molecule has 2 rings (SSSR count). The Morgan fingerprint density at radius 3 is 2.56 bits per heavy atom. The van der Waals surface area contributed by atoms with Crippen LogP contribution in [-0.2, 0) is 0 Å². The number of carbonyl (C=O) groups is 1. The maximum atomic E-state index is 10.9. The van der Waals surface area contributed by atoms with Gasteiger partial charge in [0.05, 0.1) is 12.2 Å². The van der Waals surface area contributed by atoms with Crippen molar-refractivity contribution in [2.75, 3.05) is 44.2 Å². The van der Waals surface area contributed by atoms with Gasteiger partial charge in [0.25, 0.3) is 0 Å². The molecule has 0 radical (unpaired) electrons. The van der Waals surface area contributed by atoms with Crippen LogP contribution in [0.3, 0.4) is 0 Å². The molecule has 1 aromatic rings. The first-order valence-corrected chi connectivity index (χ1v) is 6.12. The number of anilines is 1. The molecule has 1 aliphatic rings. The zero-order chi connectivity index (χ0) is 13.0. The first-order chi connectivity index (χ1) is 8.70. The fourth-order valence-electron chi connectivity index (χ4n) is 2.21. The van der Waals surface area contributed by atoms with E-state index in [0.717, 1.165) is 31.9 Å². The second-order valence-electron chi connectivity index (χ2n) is 4.41. The van der Waals surface area contributed by atoms with Gasteiger partial charge in [-0.15, -0.1) is 0 Å². The van der Waals surface area contributed by atoms with Crippen molar-refractivity contribution in [3.63, 3.8) is 0 Å². The van der Waals surface area contributed by atoms with Crippen molar-refractivity contribution in [2.24, 2.45) is 0 Å². The SMILES string of the molecule is O=C(O)c1cccc(N2CCN(CCO)CC2)c1. The van der Waals surface area contributed by atoms with Crippen molar-refractivity contribution in [1.29, 1.82) is 0 Å². The Labute approximate surface area is 106 Å². The monoisotopic (exact) mass is 250 g/mol. The fourth-order valence-corrected chi connectivity index (χ4v) is 2.21. The molecule has 18 heavy (non-hydrogen) atoms. The summed E-state index contributed by atoms with van der Waals surface area (Å²) in [4.78, 5) is 15.3. The van der Waals surface area contributed by atoms with Crippen molar-refractivity contribution in [1.82, 2.24) is 4.90 Å². The molecule has 0 unspecified atom stereocenters. The summed E-state index contributed by atoms with van der Waals surface area (Å²) in [5.74, 6) is -0.893. The third-order valence-corrected chi connectivity index (χ3v) is 3.25. The molecule has 0 aliphatic carbocycles. The number of aromatic carboxylic acids is 1. The van der Waals surface area contributed by atoms with Crippen LogP contribution in [0.15, 0.2) is 24.3 Å². The van der Waals surface area contributed by atoms with Crippen molar-refractivity contribution < 1.29 is 15.0 Å². The van der Waals surface area contributed by atoms with E-state index in [1.54, 1.807) is 18.2 Å². The van der Waals surface area contributed by atoms with E-state index < -0.39 is 5.97 Å². The standard InChI is InChI=1S/C13H18N2O3/c16-9-8-14-4-6-15(7-5-14)12-3-1-2-11(10-12)13(17)18/h1-3,10,16H,4-9H2,(H,17,18). The molecule has 2 N–H and O–H groups in total. The van der Waals surface area contributed by atoms with Crippen molar-refractivity contribution in [3.8, 4) is 0 Å². The largest absolute Gasteiger partial charge is 0.478 e. The van der Waals surface area contributed by atoms with E-state index in [2.05, 4.69) is 9.80 Å². The summed E-state index contributed by atoms with van der Waals surface area (Å²) in [7, 11) is 0. The highest BCUT2D eigenvalue weighted by Gasteiger charge is 2.17. The van der Waals surface area contributed by atoms with E-state index in [1.165, 1.54) is 0 Å². The summed E-state index contributed by atoms with van der Waals surface area (Å²) in [6, 6.07) is 7.03. The average Bonchev–Trinajstić information content (AvgIpc) is 2.40. The third-order valence-electron chi connectivity index (χ3n) is 3.25. The number of piperazine rings is 1. The second-order valence-corrected chi connectivity index (χ2v) is 4.41. The van der Waals surface area contributed by atoms with Crippen molar-refractivity contribution in [3.05, 3.63) is 29.8 Å². The van der Waals surface area contributed by atoms with Crippen LogP contribution >= 0.6 is 0 Å². The molecule has 0 bridgehead atoms. The fraction of sp³-hybridized carbons (Fsp3) is 0.462. The lowest BCUT2D eigenvalue weighted by molar-refractivity contribution is 0.0697. The summed E-state index contributed by atoms with van der Waals surface area (Å²) in [5, 5.41) is 17.8. The van der Waals surface area contributed by atoms with Gasteiger partial charge in [0.15, 0.2) is 0 Å². The zero-order valence-corrected chi connectivity index (χ0v) is 10.2. The van der Waals surface area contributed by atoms with E-state index in [0.29, 0.717) is 12.1 Å². The van der Waals surface area contributed by atoms with Crippen LogP contribution in [0, 0.1) is 0 Å². The summed E-state index contributed by atoms with van der Waals surface area (Å²) >= 11 is 0. The number of aliphatic hydroxyl groups is 1. The molecule has 0 aromatic heterocycles. The maximum absolute atomic E-state index is 10.9. The average molecular weight is 250 g/mol. The van der Waals surface area contributed by atoms with Gasteiger partial charge in [-0.25, -0.2) is 4.79 Å². The quantitative estimate of drug-likeness (QED) is 0.814. The minimum atomic E-state index is -0.893. The Hall–Kier alpha value is -1.59. The lowest BCUT2D eigenvalue weighted by Crippen LogP contribution is -2.47. The Bertz CT molecular complexity index is 414. The molecule has 5 nitrogen and oxygen atoms in total. The minimum absolute atomic E-state index is 0.189. The van der Waals surface area contributed by atoms with Crippen LogP contribution in [0.5, 0.6) is 0 Å². The van der Waals surface area contributed by atoms with Crippen LogP contribution in [0.4, 0.5) is 5.69 Å². The molecule has 1 saturated heterocycles. The normalized spacial score (nSPS) is 16.8. The highest BCUT2D eigenvalue weighted by Crippen LogP contribution is 2.18. The van der Waals surface area contributed by atoms with Gasteiger partial charge in [-0.2, -0.15) is 0 Å². The lowest BCUT2D eigenvalue weighted by Gasteiger charge is -2.35. The van der Waals surface area contributed by atoms with Gasteiger partial charge in [-0.3, -0.25) is 4.90 Å². The van der Waals surface area contributed by atoms with Gasteiger partial charge in [-0.05, 0) is 18.2 Å². The molecule has 0 amide bonds. The summed E-state index contributed by atoms with van der Waals surface area (Å²) in [5.41, 5.74) is 1.28. The number of hydrogen-bond acceptors (Lipinski definition) is 4. The smallest absolute Gasteiger partial charge is 0.335 e. The first kappa shape index (κ1) is 12.9. The van der Waals surface area contributed by atoms with E-state index in [4.69, 9.17) is 10.2 Å². The number of nitrogens with zero attached hydrogens (tertiary/aromatic N) is 2. The number of carboxylic acid groups (broad SMARTS) is 1. The predicted molar refractivity (Wildman–Crippen MR) is 69.1 cm³/mol. The number of hydrogen-bond donors (Lipinski definition) is 2. The number of rotatable bonds is 4. The van der Waals surface area contributed by atoms with Gasteiger partial charge in [-0.1, -0.05) is 6.07 Å². The second kappa shape index (κ2) is 5.84. The van der Waals surface area contributed by atoms with Crippen LogP contribution in [-0.4, -0.2) is 60.4 Å². The molecule has 0 atom stereocenters. The van der Waals surface area contributed by atoms with Crippen molar-refractivity contribution in [2.45, 2.75) is 0 Å². The maximum Gasteiger partial charge on any atom is 0.335 e. The van der Waals surface area contributed by atoms with Gasteiger partial charge in [0, 0.05) is 38.4 Å². The summed E-state index contributed by atoms with van der Waals surface area (Å²) in [6.45, 7) is 4.43. The van der Waals surface area contributed by atoms with E-state index in [1.807, 2.05) is 6.07 Å². The number of aliphatic hydroxyl groups excluding tert-OH is 1. The molecule has 1 fully saturated rings. The molecular formula is C13H18N2O3. The van der Waals surface area contributed by atoms with Gasteiger partial charge in [0.1, 0.15) is 0 Å². The molecular weight excluding hydrogens is 232 g/mol. The Balaban J connectivity index is 2.01. The summed E-state index contributed by atoms with van der Waals surface area (Å²) < 4.78 is 0. The topological polar surface area (TPSA) is 64.0 Å². The molecule has 5 heteroatoms. The van der Waals surface area contributed by atoms with Crippen molar-refractivity contribution >= 4 is 11.7 Å². The Morgan fingerprint density at radius 1 is 1.22 bits per heavy atom. The van der Waals surface area contributed by atoms with E-state index in [-0.39, 0.29) is 6.61 Å². The number of benzene rings is 1. The first-order valence-electron chi connectivity index (χ1n) is 6.12. The van der Waals surface area contributed by atoms with E-state index >= 15 is 0 Å². The molecule has 98 valence electrons. The van der Waals surface area contributed by atoms with E-state index in [9.17, 15) is 4.79 Å². The Kier molecular flexibility index (Phi) is 4.17. The highest BCUT2D eigenvalue weighted by atomic mass is 16.4. The van der Waals surface area contributed by atoms with Gasteiger partial charge in [0.2, 0.25) is 0 Å².